The standard InChI is InChI=1S/C21H28ClN3O.C2H2/c1-5-19(10-9-17-7-6-8-18(22)15-17)24-11-13-25(14-12-24)20(26)23-16-21(2,3)4;1-2/h5-8,15H,11-14,16H2,1-4H3,(H,23,26);1-2H/b19-5-;. The van der Waals surface area contributed by atoms with E-state index >= 15 is 0 Å². The van der Waals surface area contributed by atoms with Crippen LogP contribution < -0.4 is 5.32 Å². The van der Waals surface area contributed by atoms with Gasteiger partial charge in [0.05, 0.1) is 5.70 Å². The average Bonchev–Trinajstić information content (AvgIpc) is 2.68. The number of rotatable bonds is 2. The van der Waals surface area contributed by atoms with Crippen LogP contribution in [0.25, 0.3) is 0 Å². The van der Waals surface area contributed by atoms with E-state index in [9.17, 15) is 4.79 Å². The number of amides is 2. The highest BCUT2D eigenvalue weighted by Crippen LogP contribution is 2.13. The predicted molar refractivity (Wildman–Crippen MR) is 118 cm³/mol. The van der Waals surface area contributed by atoms with Crippen molar-refractivity contribution in [1.29, 1.82) is 0 Å². The number of carbonyl (C=O) groups is 1. The van der Waals surface area contributed by atoms with Gasteiger partial charge >= 0.3 is 6.03 Å². The first-order valence-corrected chi connectivity index (χ1v) is 9.71. The molecule has 2 amide bonds. The van der Waals surface area contributed by atoms with E-state index in [1.54, 1.807) is 0 Å². The summed E-state index contributed by atoms with van der Waals surface area (Å²) in [5, 5.41) is 3.70. The van der Waals surface area contributed by atoms with E-state index in [1.807, 2.05) is 42.2 Å². The summed E-state index contributed by atoms with van der Waals surface area (Å²) in [6.45, 7) is 12.0. The normalized spacial score (nSPS) is 14.3. The fraction of sp³-hybridized carbons (Fsp3) is 0.435. The maximum Gasteiger partial charge on any atom is 0.317 e. The third-order valence-electron chi connectivity index (χ3n) is 4.11. The van der Waals surface area contributed by atoms with Gasteiger partial charge in [0, 0.05) is 43.3 Å². The predicted octanol–water partition coefficient (Wildman–Crippen LogP) is 4.22. The minimum absolute atomic E-state index is 0.0200. The lowest BCUT2D eigenvalue weighted by atomic mass is 9.97. The van der Waals surface area contributed by atoms with Gasteiger partial charge in [-0.05, 0) is 36.5 Å². The Bertz CT molecular complexity index is 757. The number of nitrogens with one attached hydrogen (secondary N) is 1. The SMILES string of the molecule is C#C.C/C=C(/C#Cc1cccc(Cl)c1)N1CCN(C(=O)NCC(C)(C)C)CC1. The van der Waals surface area contributed by atoms with Crippen LogP contribution in [0.4, 0.5) is 4.79 Å². The van der Waals surface area contributed by atoms with Crippen LogP contribution >= 0.6 is 11.6 Å². The third kappa shape index (κ3) is 7.99. The number of carbonyl (C=O) groups excluding carboxylic acids is 1. The number of nitrogens with zero attached hydrogens (tertiary/aromatic N) is 2. The number of allylic oxidation sites excluding steroid dienone is 2. The Morgan fingerprint density at radius 3 is 2.36 bits per heavy atom. The molecule has 1 heterocycles. The zero-order valence-electron chi connectivity index (χ0n) is 17.3. The van der Waals surface area contributed by atoms with Gasteiger partial charge in [0.15, 0.2) is 0 Å². The topological polar surface area (TPSA) is 35.6 Å². The lowest BCUT2D eigenvalue weighted by Gasteiger charge is -2.36. The molecular weight excluding hydrogens is 370 g/mol. The van der Waals surface area contributed by atoms with Gasteiger partial charge in [0.1, 0.15) is 0 Å². The summed E-state index contributed by atoms with van der Waals surface area (Å²) in [6.07, 6.45) is 10.0. The van der Waals surface area contributed by atoms with Crippen LogP contribution in [0.3, 0.4) is 0 Å². The minimum Gasteiger partial charge on any atom is -0.361 e. The molecule has 1 aliphatic rings. The number of hydrogen-bond acceptors (Lipinski definition) is 2. The number of benzene rings is 1. The molecule has 0 bridgehead atoms. The largest absolute Gasteiger partial charge is 0.361 e. The van der Waals surface area contributed by atoms with Gasteiger partial charge < -0.3 is 15.1 Å². The van der Waals surface area contributed by atoms with Crippen molar-refractivity contribution in [1.82, 2.24) is 15.1 Å². The molecule has 0 aliphatic carbocycles. The van der Waals surface area contributed by atoms with Crippen LogP contribution in [-0.4, -0.2) is 48.6 Å². The molecule has 5 heteroatoms. The van der Waals surface area contributed by atoms with E-state index in [2.05, 4.69) is 55.7 Å². The van der Waals surface area contributed by atoms with Crippen LogP contribution in [-0.2, 0) is 0 Å². The van der Waals surface area contributed by atoms with E-state index in [0.717, 1.165) is 24.4 Å². The van der Waals surface area contributed by atoms with E-state index in [0.29, 0.717) is 24.7 Å². The van der Waals surface area contributed by atoms with Gasteiger partial charge in [-0.2, -0.15) is 0 Å². The van der Waals surface area contributed by atoms with Gasteiger partial charge in [0.25, 0.3) is 0 Å². The molecule has 1 aromatic carbocycles. The molecule has 2 rings (SSSR count). The molecule has 0 unspecified atom stereocenters. The second kappa shape index (κ2) is 11.3. The van der Waals surface area contributed by atoms with Crippen LogP contribution in [0, 0.1) is 30.1 Å². The molecule has 0 aromatic heterocycles. The molecule has 4 nitrogen and oxygen atoms in total. The van der Waals surface area contributed by atoms with E-state index in [4.69, 9.17) is 11.6 Å². The number of urea groups is 1. The summed E-state index contributed by atoms with van der Waals surface area (Å²) >= 11 is 6.01. The molecule has 1 N–H and O–H groups in total. The number of hydrogen-bond donors (Lipinski definition) is 1. The van der Waals surface area contributed by atoms with Crippen molar-refractivity contribution in [3.63, 3.8) is 0 Å². The maximum absolute atomic E-state index is 12.3. The van der Waals surface area contributed by atoms with Gasteiger partial charge in [0.2, 0.25) is 0 Å². The molecular formula is C23H30ClN3O. The molecule has 1 aliphatic heterocycles. The second-order valence-corrected chi connectivity index (χ2v) is 8.06. The summed E-state index contributed by atoms with van der Waals surface area (Å²) in [6, 6.07) is 7.57. The number of terminal acetylenes is 1. The molecule has 0 spiro atoms. The van der Waals surface area contributed by atoms with Gasteiger partial charge in [-0.1, -0.05) is 50.4 Å². The first-order chi connectivity index (χ1) is 13.3. The van der Waals surface area contributed by atoms with Crippen molar-refractivity contribution in [2.75, 3.05) is 32.7 Å². The zero-order chi connectivity index (χ0) is 21.2. The fourth-order valence-electron chi connectivity index (χ4n) is 2.64. The first-order valence-electron chi connectivity index (χ1n) is 9.33. The first kappa shape index (κ1) is 23.5. The Hall–Kier alpha value is -2.56. The Balaban J connectivity index is 0.00000190. The number of halogens is 1. The van der Waals surface area contributed by atoms with E-state index < -0.39 is 0 Å². The van der Waals surface area contributed by atoms with Crippen LogP contribution in [0.1, 0.15) is 33.3 Å². The lowest BCUT2D eigenvalue weighted by Crippen LogP contribution is -2.52. The molecule has 1 aromatic rings. The summed E-state index contributed by atoms with van der Waals surface area (Å²) < 4.78 is 0. The molecule has 0 atom stereocenters. The van der Waals surface area contributed by atoms with E-state index in [1.165, 1.54) is 0 Å². The highest BCUT2D eigenvalue weighted by molar-refractivity contribution is 6.30. The Labute approximate surface area is 174 Å². The van der Waals surface area contributed by atoms with Crippen molar-refractivity contribution in [3.8, 4) is 24.7 Å². The molecule has 0 saturated carbocycles. The lowest BCUT2D eigenvalue weighted by molar-refractivity contribution is 0.156. The van der Waals surface area contributed by atoms with Gasteiger partial charge in [-0.3, -0.25) is 0 Å². The number of piperazine rings is 1. The summed E-state index contributed by atoms with van der Waals surface area (Å²) in [7, 11) is 0. The van der Waals surface area contributed by atoms with Gasteiger partial charge in [-0.25, -0.2) is 4.79 Å². The summed E-state index contributed by atoms with van der Waals surface area (Å²) in [5.74, 6) is 6.40. The van der Waals surface area contributed by atoms with Crippen molar-refractivity contribution < 1.29 is 4.79 Å². The van der Waals surface area contributed by atoms with Crippen LogP contribution in [0.2, 0.25) is 5.02 Å². The average molecular weight is 400 g/mol. The Morgan fingerprint density at radius 2 is 1.82 bits per heavy atom. The maximum atomic E-state index is 12.3. The molecule has 150 valence electrons. The van der Waals surface area contributed by atoms with Crippen molar-refractivity contribution in [2.24, 2.45) is 5.41 Å². The highest BCUT2D eigenvalue weighted by atomic mass is 35.5. The quantitative estimate of drug-likeness (QED) is 0.756. The molecule has 28 heavy (non-hydrogen) atoms. The monoisotopic (exact) mass is 399 g/mol. The Kier molecular flexibility index (Phi) is 9.49. The smallest absolute Gasteiger partial charge is 0.317 e. The van der Waals surface area contributed by atoms with Gasteiger partial charge in [-0.15, -0.1) is 12.8 Å². The molecule has 1 saturated heterocycles. The van der Waals surface area contributed by atoms with E-state index in [-0.39, 0.29) is 11.4 Å². The summed E-state index contributed by atoms with van der Waals surface area (Å²) in [5.41, 5.74) is 1.97. The zero-order valence-corrected chi connectivity index (χ0v) is 18.0. The second-order valence-electron chi connectivity index (χ2n) is 7.63. The van der Waals surface area contributed by atoms with Crippen LogP contribution in [0.15, 0.2) is 36.0 Å². The van der Waals surface area contributed by atoms with Crippen molar-refractivity contribution in [3.05, 3.63) is 46.6 Å². The molecule has 0 radical (unpaired) electrons. The van der Waals surface area contributed by atoms with Crippen molar-refractivity contribution in [2.45, 2.75) is 27.7 Å². The minimum atomic E-state index is 0.0200. The highest BCUT2D eigenvalue weighted by Gasteiger charge is 2.22. The summed E-state index contributed by atoms with van der Waals surface area (Å²) in [4.78, 5) is 16.4. The fourth-order valence-corrected chi connectivity index (χ4v) is 2.83. The van der Waals surface area contributed by atoms with Crippen LogP contribution in [0.5, 0.6) is 0 Å². The van der Waals surface area contributed by atoms with Crippen molar-refractivity contribution >= 4 is 17.6 Å². The molecule has 1 fully saturated rings. The third-order valence-corrected chi connectivity index (χ3v) is 4.35. The Morgan fingerprint density at radius 1 is 1.21 bits per heavy atom.